The van der Waals surface area contributed by atoms with E-state index in [-0.39, 0.29) is 17.9 Å². The van der Waals surface area contributed by atoms with Gasteiger partial charge in [-0.25, -0.2) is 4.79 Å². The fraction of sp³-hybridized carbons (Fsp3) is 0.448. The van der Waals surface area contributed by atoms with Crippen LogP contribution < -0.4 is 16.4 Å². The lowest BCUT2D eigenvalue weighted by Gasteiger charge is -2.34. The van der Waals surface area contributed by atoms with E-state index < -0.39 is 47.9 Å². The number of aromatic hydroxyl groups is 1. The van der Waals surface area contributed by atoms with Crippen LogP contribution in [-0.2, 0) is 19.1 Å². The van der Waals surface area contributed by atoms with Crippen molar-refractivity contribution in [2.45, 2.75) is 78.5 Å². The minimum atomic E-state index is -1.39. The van der Waals surface area contributed by atoms with Gasteiger partial charge in [0.15, 0.2) is 0 Å². The molecule has 0 aliphatic rings. The highest BCUT2D eigenvalue weighted by atomic mass is 16.6. The number of aryl methyl sites for hydroxylation is 2. The molecule has 0 saturated heterocycles. The number of carbonyl (C=O) groups excluding carboxylic acids is 4. The topological polar surface area (TPSA) is 151 Å². The Kier molecular flexibility index (Phi) is 10.9. The minimum Gasteiger partial charge on any atom is -0.507 e. The van der Waals surface area contributed by atoms with Crippen LogP contribution in [0.15, 0.2) is 42.5 Å². The van der Waals surface area contributed by atoms with Gasteiger partial charge >= 0.3 is 6.09 Å². The Morgan fingerprint density at radius 2 is 1.67 bits per heavy atom. The van der Waals surface area contributed by atoms with E-state index >= 15 is 0 Å². The van der Waals surface area contributed by atoms with E-state index in [0.717, 1.165) is 5.56 Å². The maximum atomic E-state index is 14.0. The molecule has 0 heterocycles. The van der Waals surface area contributed by atoms with Gasteiger partial charge in [-0.3, -0.25) is 14.4 Å². The molecule has 0 bridgehead atoms. The summed E-state index contributed by atoms with van der Waals surface area (Å²) in [5.41, 5.74) is 6.65. The molecule has 0 aliphatic carbocycles. The molecule has 10 heteroatoms. The van der Waals surface area contributed by atoms with Crippen molar-refractivity contribution in [3.8, 4) is 5.75 Å². The van der Waals surface area contributed by atoms with E-state index in [9.17, 15) is 24.3 Å². The monoisotopic (exact) mass is 540 g/mol. The molecule has 0 fully saturated rings. The summed E-state index contributed by atoms with van der Waals surface area (Å²) in [7, 11) is 0. The predicted molar refractivity (Wildman–Crippen MR) is 149 cm³/mol. The smallest absolute Gasteiger partial charge is 0.408 e. The first-order valence-electron chi connectivity index (χ1n) is 13.0. The Hall–Kier alpha value is -4.08. The Balaban J connectivity index is 2.60. The highest BCUT2D eigenvalue weighted by molar-refractivity contribution is 6.00. The molecule has 0 spiro atoms. The van der Waals surface area contributed by atoms with Crippen molar-refractivity contribution in [1.29, 1.82) is 0 Å². The fourth-order valence-electron chi connectivity index (χ4n) is 4.01. The number of unbranched alkanes of at least 4 members (excludes halogenated alkanes) is 1. The van der Waals surface area contributed by atoms with Gasteiger partial charge in [0.1, 0.15) is 23.4 Å². The second-order valence-electron chi connectivity index (χ2n) is 10.5. The zero-order valence-electron chi connectivity index (χ0n) is 23.5. The zero-order chi connectivity index (χ0) is 29.3. The van der Waals surface area contributed by atoms with Gasteiger partial charge in [-0.15, -0.1) is 0 Å². The molecular weight excluding hydrogens is 500 g/mol. The number of benzene rings is 2. The number of phenols is 1. The Bertz CT molecular complexity index is 1190. The van der Waals surface area contributed by atoms with Crippen LogP contribution in [0.4, 0.5) is 10.5 Å². The maximum absolute atomic E-state index is 14.0. The average Bonchev–Trinajstić information content (AvgIpc) is 2.83. The predicted octanol–water partition coefficient (Wildman–Crippen LogP) is 4.09. The first-order valence-corrected chi connectivity index (χ1v) is 13.0. The number of phenolic OH excluding ortho intramolecular Hbond substituents is 1. The van der Waals surface area contributed by atoms with Crippen molar-refractivity contribution in [1.82, 2.24) is 10.2 Å². The summed E-state index contributed by atoms with van der Waals surface area (Å²) < 4.78 is 5.29. The molecule has 212 valence electrons. The summed E-state index contributed by atoms with van der Waals surface area (Å²) in [6.07, 6.45) is -0.207. The number of para-hydroxylation sites is 2. The molecule has 2 aromatic rings. The van der Waals surface area contributed by atoms with Crippen LogP contribution in [0.2, 0.25) is 0 Å². The van der Waals surface area contributed by atoms with Gasteiger partial charge in [0.25, 0.3) is 5.91 Å². The average molecular weight is 541 g/mol. The fourth-order valence-corrected chi connectivity index (χ4v) is 4.01. The van der Waals surface area contributed by atoms with Gasteiger partial charge in [0, 0.05) is 17.8 Å². The SMILES string of the molecule is CCCCN(C(=O)C(CC(N)=O)NC(=O)OC(C)(C)C)C(C(=O)Nc1ccccc1C)c1cccc(C)c1O. The highest BCUT2D eigenvalue weighted by Crippen LogP contribution is 2.33. The van der Waals surface area contributed by atoms with Crippen molar-refractivity contribution in [3.05, 3.63) is 59.2 Å². The number of ether oxygens (including phenoxy) is 1. The molecule has 10 nitrogen and oxygen atoms in total. The number of nitrogens with zero attached hydrogens (tertiary/aromatic N) is 1. The molecule has 4 amide bonds. The lowest BCUT2D eigenvalue weighted by atomic mass is 9.98. The molecule has 5 N–H and O–H groups in total. The van der Waals surface area contributed by atoms with E-state index in [0.29, 0.717) is 24.1 Å². The number of nitrogens with one attached hydrogen (secondary N) is 2. The molecule has 2 rings (SSSR count). The van der Waals surface area contributed by atoms with Crippen LogP contribution in [0, 0.1) is 13.8 Å². The third-order valence-electron chi connectivity index (χ3n) is 5.96. The molecule has 0 aromatic heterocycles. The van der Waals surface area contributed by atoms with Crippen molar-refractivity contribution in [2.75, 3.05) is 11.9 Å². The molecule has 0 aliphatic heterocycles. The summed E-state index contributed by atoms with van der Waals surface area (Å²) in [4.78, 5) is 53.6. The van der Waals surface area contributed by atoms with Gasteiger partial charge < -0.3 is 31.1 Å². The first kappa shape index (κ1) is 31.1. The molecule has 0 saturated carbocycles. The number of rotatable bonds is 11. The van der Waals surface area contributed by atoms with Crippen molar-refractivity contribution in [3.63, 3.8) is 0 Å². The van der Waals surface area contributed by atoms with Crippen LogP contribution in [0.3, 0.4) is 0 Å². The third-order valence-corrected chi connectivity index (χ3v) is 5.96. The molecule has 2 atom stereocenters. The number of carbonyl (C=O) groups is 4. The number of anilines is 1. The summed E-state index contributed by atoms with van der Waals surface area (Å²) >= 11 is 0. The van der Waals surface area contributed by atoms with Gasteiger partial charge in [0.2, 0.25) is 11.8 Å². The third kappa shape index (κ3) is 9.01. The Labute approximate surface area is 229 Å². The number of alkyl carbamates (subject to hydrolysis) is 1. The largest absolute Gasteiger partial charge is 0.507 e. The van der Waals surface area contributed by atoms with Crippen molar-refractivity contribution < 1.29 is 29.0 Å². The minimum absolute atomic E-state index is 0.111. The Morgan fingerprint density at radius 1 is 1.03 bits per heavy atom. The molecule has 2 unspecified atom stereocenters. The van der Waals surface area contributed by atoms with Crippen LogP contribution >= 0.6 is 0 Å². The van der Waals surface area contributed by atoms with Crippen LogP contribution in [0.25, 0.3) is 0 Å². The molecule has 39 heavy (non-hydrogen) atoms. The van der Waals surface area contributed by atoms with Crippen molar-refractivity contribution >= 4 is 29.5 Å². The number of hydrogen-bond donors (Lipinski definition) is 4. The summed E-state index contributed by atoms with van der Waals surface area (Å²) in [6, 6.07) is 9.45. The number of primary amides is 1. The van der Waals surface area contributed by atoms with Gasteiger partial charge in [-0.05, 0) is 58.2 Å². The highest BCUT2D eigenvalue weighted by Gasteiger charge is 2.38. The standard InChI is InChI=1S/C29H40N4O6/c1-7-8-16-33(27(37)22(17-23(30)34)32-28(38)39-29(4,5)6)24(20-14-11-13-19(3)25(20)35)26(36)31-21-15-10-9-12-18(21)2/h9-15,22,24,35H,7-8,16-17H2,1-6H3,(H2,30,34)(H,31,36)(H,32,38). The van der Waals surface area contributed by atoms with Gasteiger partial charge in [-0.1, -0.05) is 49.7 Å². The first-order chi connectivity index (χ1) is 18.2. The molecular formula is C29H40N4O6. The van der Waals surface area contributed by atoms with Crippen LogP contribution in [0.1, 0.15) is 69.7 Å². The van der Waals surface area contributed by atoms with Gasteiger partial charge in [-0.2, -0.15) is 0 Å². The lowest BCUT2D eigenvalue weighted by Crippen LogP contribution is -2.53. The molecule has 0 radical (unpaired) electrons. The van der Waals surface area contributed by atoms with E-state index in [1.165, 1.54) is 4.90 Å². The van der Waals surface area contributed by atoms with E-state index in [2.05, 4.69) is 10.6 Å². The maximum Gasteiger partial charge on any atom is 0.408 e. The van der Waals surface area contributed by atoms with E-state index in [1.54, 1.807) is 58.0 Å². The van der Waals surface area contributed by atoms with Gasteiger partial charge in [0.05, 0.1) is 6.42 Å². The Morgan fingerprint density at radius 3 is 2.26 bits per heavy atom. The lowest BCUT2D eigenvalue weighted by molar-refractivity contribution is -0.142. The van der Waals surface area contributed by atoms with E-state index in [1.807, 2.05) is 26.0 Å². The van der Waals surface area contributed by atoms with Crippen LogP contribution in [0.5, 0.6) is 5.75 Å². The second-order valence-corrected chi connectivity index (χ2v) is 10.5. The quantitative estimate of drug-likeness (QED) is 0.337. The second kappa shape index (κ2) is 13.6. The normalized spacial score (nSPS) is 12.7. The number of hydrogen-bond acceptors (Lipinski definition) is 6. The van der Waals surface area contributed by atoms with Crippen molar-refractivity contribution in [2.24, 2.45) is 5.73 Å². The number of nitrogens with two attached hydrogens (primary N) is 1. The summed E-state index contributed by atoms with van der Waals surface area (Å²) in [5, 5.41) is 16.3. The number of amides is 4. The summed E-state index contributed by atoms with van der Waals surface area (Å²) in [5.74, 6) is -2.23. The summed E-state index contributed by atoms with van der Waals surface area (Å²) in [6.45, 7) is 10.6. The van der Waals surface area contributed by atoms with Crippen LogP contribution in [-0.4, -0.2) is 52.0 Å². The molecule has 2 aromatic carbocycles. The zero-order valence-corrected chi connectivity index (χ0v) is 23.5. The van der Waals surface area contributed by atoms with E-state index in [4.69, 9.17) is 10.5 Å².